The SMILES string of the molecule is CNC(C)CCCCN1CCN(C)CC1c1ccccc1. The van der Waals surface area contributed by atoms with Crippen molar-refractivity contribution in [2.24, 2.45) is 0 Å². The number of rotatable bonds is 7. The molecule has 0 spiro atoms. The van der Waals surface area contributed by atoms with Crippen molar-refractivity contribution in [3.63, 3.8) is 0 Å². The standard InChI is InChI=1S/C18H31N3/c1-16(19-2)9-7-8-12-21-14-13-20(3)15-18(21)17-10-5-4-6-11-17/h4-6,10-11,16,18-19H,7-9,12-15H2,1-3H3. The van der Waals surface area contributed by atoms with E-state index in [1.165, 1.54) is 44.5 Å². The Bertz CT molecular complexity index is 393. The van der Waals surface area contributed by atoms with E-state index >= 15 is 0 Å². The second kappa shape index (κ2) is 8.52. The number of nitrogens with one attached hydrogen (secondary N) is 1. The number of piperazine rings is 1. The van der Waals surface area contributed by atoms with Gasteiger partial charge in [-0.2, -0.15) is 0 Å². The molecule has 0 aromatic heterocycles. The van der Waals surface area contributed by atoms with Crippen LogP contribution in [0.4, 0.5) is 0 Å². The molecule has 0 bridgehead atoms. The van der Waals surface area contributed by atoms with Gasteiger partial charge in [-0.1, -0.05) is 36.8 Å². The summed E-state index contributed by atoms with van der Waals surface area (Å²) < 4.78 is 0. The van der Waals surface area contributed by atoms with Gasteiger partial charge in [0.15, 0.2) is 0 Å². The molecule has 0 aliphatic carbocycles. The van der Waals surface area contributed by atoms with Crippen LogP contribution in [0.15, 0.2) is 30.3 Å². The lowest BCUT2D eigenvalue weighted by Crippen LogP contribution is -2.47. The molecular formula is C18H31N3. The number of nitrogens with zero attached hydrogens (tertiary/aromatic N) is 2. The van der Waals surface area contributed by atoms with Crippen LogP contribution in [0.25, 0.3) is 0 Å². The molecule has 0 saturated carbocycles. The number of unbranched alkanes of at least 4 members (excludes halogenated alkanes) is 1. The summed E-state index contributed by atoms with van der Waals surface area (Å²) in [4.78, 5) is 5.14. The summed E-state index contributed by atoms with van der Waals surface area (Å²) in [5, 5.41) is 3.32. The highest BCUT2D eigenvalue weighted by molar-refractivity contribution is 5.20. The van der Waals surface area contributed by atoms with Crippen molar-refractivity contribution in [3.05, 3.63) is 35.9 Å². The molecule has 1 fully saturated rings. The summed E-state index contributed by atoms with van der Waals surface area (Å²) in [6, 6.07) is 12.2. The molecule has 2 atom stereocenters. The predicted molar refractivity (Wildman–Crippen MR) is 90.6 cm³/mol. The van der Waals surface area contributed by atoms with Crippen molar-refractivity contribution in [2.75, 3.05) is 40.3 Å². The van der Waals surface area contributed by atoms with E-state index in [-0.39, 0.29) is 0 Å². The Balaban J connectivity index is 1.87. The molecule has 1 heterocycles. The van der Waals surface area contributed by atoms with E-state index in [4.69, 9.17) is 0 Å². The van der Waals surface area contributed by atoms with Gasteiger partial charge in [-0.05, 0) is 46.0 Å². The van der Waals surface area contributed by atoms with Gasteiger partial charge >= 0.3 is 0 Å². The van der Waals surface area contributed by atoms with E-state index in [0.29, 0.717) is 12.1 Å². The quantitative estimate of drug-likeness (QED) is 0.779. The molecule has 118 valence electrons. The van der Waals surface area contributed by atoms with Gasteiger partial charge in [-0.3, -0.25) is 4.90 Å². The lowest BCUT2D eigenvalue weighted by Gasteiger charge is -2.40. The molecular weight excluding hydrogens is 258 g/mol. The molecule has 0 radical (unpaired) electrons. The van der Waals surface area contributed by atoms with E-state index in [2.05, 4.69) is 66.5 Å². The Kier molecular flexibility index (Phi) is 6.68. The summed E-state index contributed by atoms with van der Waals surface area (Å²) in [7, 11) is 4.29. The van der Waals surface area contributed by atoms with E-state index in [0.717, 1.165) is 6.54 Å². The minimum absolute atomic E-state index is 0.562. The van der Waals surface area contributed by atoms with Gasteiger partial charge in [0.2, 0.25) is 0 Å². The zero-order valence-electron chi connectivity index (χ0n) is 13.9. The van der Waals surface area contributed by atoms with Crippen LogP contribution in [0.2, 0.25) is 0 Å². The second-order valence-corrected chi connectivity index (χ2v) is 6.41. The molecule has 0 amide bonds. The van der Waals surface area contributed by atoms with Gasteiger partial charge in [0.1, 0.15) is 0 Å². The molecule has 21 heavy (non-hydrogen) atoms. The van der Waals surface area contributed by atoms with Crippen molar-refractivity contribution < 1.29 is 0 Å². The number of likely N-dealkylation sites (N-methyl/N-ethyl adjacent to an activating group) is 1. The summed E-state index contributed by atoms with van der Waals surface area (Å²) >= 11 is 0. The monoisotopic (exact) mass is 289 g/mol. The first-order valence-electron chi connectivity index (χ1n) is 8.35. The number of hydrogen-bond donors (Lipinski definition) is 1. The predicted octanol–water partition coefficient (Wildman–Crippen LogP) is 2.75. The maximum atomic E-state index is 3.32. The van der Waals surface area contributed by atoms with Gasteiger partial charge in [0, 0.05) is 31.7 Å². The maximum absolute atomic E-state index is 3.32. The highest BCUT2D eigenvalue weighted by Gasteiger charge is 2.25. The molecule has 1 aliphatic rings. The fourth-order valence-electron chi connectivity index (χ4n) is 3.13. The fraction of sp³-hybridized carbons (Fsp3) is 0.667. The Morgan fingerprint density at radius 2 is 1.95 bits per heavy atom. The molecule has 2 rings (SSSR count). The zero-order chi connectivity index (χ0) is 15.1. The van der Waals surface area contributed by atoms with Crippen molar-refractivity contribution in [2.45, 2.75) is 38.3 Å². The van der Waals surface area contributed by atoms with Gasteiger partial charge in [0.05, 0.1) is 0 Å². The third-order valence-corrected chi connectivity index (χ3v) is 4.70. The third-order valence-electron chi connectivity index (χ3n) is 4.70. The van der Waals surface area contributed by atoms with Crippen LogP contribution in [0.1, 0.15) is 37.8 Å². The van der Waals surface area contributed by atoms with Crippen molar-refractivity contribution in [1.29, 1.82) is 0 Å². The maximum Gasteiger partial charge on any atom is 0.0475 e. The third kappa shape index (κ3) is 5.10. The van der Waals surface area contributed by atoms with Crippen molar-refractivity contribution >= 4 is 0 Å². The second-order valence-electron chi connectivity index (χ2n) is 6.41. The molecule has 3 heteroatoms. The van der Waals surface area contributed by atoms with Crippen molar-refractivity contribution in [3.8, 4) is 0 Å². The Hall–Kier alpha value is -0.900. The lowest BCUT2D eigenvalue weighted by molar-refractivity contribution is 0.0880. The van der Waals surface area contributed by atoms with Crippen LogP contribution in [0.3, 0.4) is 0 Å². The molecule has 1 aromatic carbocycles. The smallest absolute Gasteiger partial charge is 0.0475 e. The minimum Gasteiger partial charge on any atom is -0.317 e. The van der Waals surface area contributed by atoms with Crippen LogP contribution in [0.5, 0.6) is 0 Å². The first kappa shape index (κ1) is 16.5. The fourth-order valence-corrected chi connectivity index (χ4v) is 3.13. The van der Waals surface area contributed by atoms with Crippen LogP contribution in [-0.4, -0.2) is 56.1 Å². The minimum atomic E-state index is 0.562. The van der Waals surface area contributed by atoms with Crippen LogP contribution in [0, 0.1) is 0 Å². The summed E-state index contributed by atoms with van der Waals surface area (Å²) in [5.41, 5.74) is 1.47. The molecule has 2 unspecified atom stereocenters. The summed E-state index contributed by atoms with van der Waals surface area (Å²) in [6.45, 7) is 7.03. The highest BCUT2D eigenvalue weighted by Crippen LogP contribution is 2.25. The Morgan fingerprint density at radius 1 is 1.19 bits per heavy atom. The van der Waals surface area contributed by atoms with E-state index in [1.807, 2.05) is 0 Å². The first-order valence-corrected chi connectivity index (χ1v) is 8.35. The van der Waals surface area contributed by atoms with E-state index in [9.17, 15) is 0 Å². The van der Waals surface area contributed by atoms with Gasteiger partial charge in [-0.15, -0.1) is 0 Å². The lowest BCUT2D eigenvalue weighted by atomic mass is 10.0. The largest absolute Gasteiger partial charge is 0.317 e. The average Bonchev–Trinajstić information content (AvgIpc) is 2.53. The average molecular weight is 289 g/mol. The van der Waals surface area contributed by atoms with Crippen LogP contribution in [-0.2, 0) is 0 Å². The van der Waals surface area contributed by atoms with Gasteiger partial charge in [0.25, 0.3) is 0 Å². The van der Waals surface area contributed by atoms with Gasteiger partial charge < -0.3 is 10.2 Å². The first-order chi connectivity index (χ1) is 10.2. The van der Waals surface area contributed by atoms with Gasteiger partial charge in [-0.25, -0.2) is 0 Å². The molecule has 1 N–H and O–H groups in total. The topological polar surface area (TPSA) is 18.5 Å². The van der Waals surface area contributed by atoms with Crippen molar-refractivity contribution in [1.82, 2.24) is 15.1 Å². The van der Waals surface area contributed by atoms with E-state index < -0.39 is 0 Å². The number of hydrogen-bond acceptors (Lipinski definition) is 3. The summed E-state index contributed by atoms with van der Waals surface area (Å²) in [5.74, 6) is 0. The van der Waals surface area contributed by atoms with E-state index in [1.54, 1.807) is 0 Å². The molecule has 3 nitrogen and oxygen atoms in total. The highest BCUT2D eigenvalue weighted by atomic mass is 15.3. The Labute approximate surface area is 130 Å². The van der Waals surface area contributed by atoms with Crippen LogP contribution < -0.4 is 5.32 Å². The Morgan fingerprint density at radius 3 is 2.67 bits per heavy atom. The molecule has 1 saturated heterocycles. The summed E-state index contributed by atoms with van der Waals surface area (Å²) in [6.07, 6.45) is 3.90. The zero-order valence-corrected chi connectivity index (χ0v) is 13.9. The normalized spacial score (nSPS) is 22.3. The van der Waals surface area contributed by atoms with Crippen LogP contribution >= 0.6 is 0 Å². The molecule has 1 aliphatic heterocycles. The molecule has 1 aromatic rings. The number of benzene rings is 1.